The Balaban J connectivity index is 2.82. The molecule has 0 aliphatic heterocycles. The third-order valence-corrected chi connectivity index (χ3v) is 1.09. The minimum atomic E-state index is 1.13. The van der Waals surface area contributed by atoms with Crippen LogP contribution in [0.1, 0.15) is 33.1 Å². The molecule has 0 N–H and O–H groups in total. The van der Waals surface area contributed by atoms with E-state index in [0.717, 1.165) is 11.3 Å². The largest absolute Gasteiger partial charge is 0.0900 e. The van der Waals surface area contributed by atoms with Gasteiger partial charge in [0.1, 0.15) is 0 Å². The molecule has 0 saturated carbocycles. The summed E-state index contributed by atoms with van der Waals surface area (Å²) in [4.78, 5) is 1.14. The van der Waals surface area contributed by atoms with Crippen LogP contribution in [0.5, 0.6) is 0 Å². The lowest BCUT2D eigenvalue weighted by Crippen LogP contribution is -1.83. The lowest BCUT2D eigenvalue weighted by molar-refractivity contribution is 0.839. The molecule has 0 aromatic heterocycles. The molecule has 0 amide bonds. The predicted octanol–water partition coefficient (Wildman–Crippen LogP) is 2.57. The number of hydrogen-bond donors (Lipinski definition) is 0. The second-order valence-electron chi connectivity index (χ2n) is 1.81. The second kappa shape index (κ2) is 4.25. The maximum absolute atomic E-state index is 4.86. The van der Waals surface area contributed by atoms with Crippen molar-refractivity contribution in [3.05, 3.63) is 0 Å². The highest BCUT2D eigenvalue weighted by Gasteiger charge is 1.83. The Labute approximate surface area is 50.9 Å². The van der Waals surface area contributed by atoms with Crippen molar-refractivity contribution in [1.82, 2.24) is 0 Å². The van der Waals surface area contributed by atoms with Crippen molar-refractivity contribution in [2.75, 3.05) is 0 Å². The summed E-state index contributed by atoms with van der Waals surface area (Å²) in [7, 11) is 0. The van der Waals surface area contributed by atoms with E-state index in [2.05, 4.69) is 6.92 Å². The lowest BCUT2D eigenvalue weighted by atomic mass is 10.2. The van der Waals surface area contributed by atoms with Gasteiger partial charge in [0, 0.05) is 0 Å². The van der Waals surface area contributed by atoms with Crippen LogP contribution in [0.25, 0.3) is 0 Å². The summed E-state index contributed by atoms with van der Waals surface area (Å²) in [5.41, 5.74) is 0. The SMILES string of the molecule is CCCCC(C)=S. The van der Waals surface area contributed by atoms with Crippen molar-refractivity contribution in [1.29, 1.82) is 0 Å². The van der Waals surface area contributed by atoms with E-state index in [0.29, 0.717) is 0 Å². The number of unbranched alkanes of at least 4 members (excludes halogenated alkanes) is 1. The van der Waals surface area contributed by atoms with Crippen LogP contribution in [0, 0.1) is 0 Å². The summed E-state index contributed by atoms with van der Waals surface area (Å²) in [6.07, 6.45) is 3.65. The number of hydrogen-bond acceptors (Lipinski definition) is 1. The minimum Gasteiger partial charge on any atom is -0.0900 e. The highest BCUT2D eigenvalue weighted by molar-refractivity contribution is 7.80. The molecule has 0 aromatic rings. The minimum absolute atomic E-state index is 1.13. The molecule has 0 bridgehead atoms. The van der Waals surface area contributed by atoms with Crippen LogP contribution in [-0.2, 0) is 0 Å². The molecular weight excluding hydrogens is 104 g/mol. The third kappa shape index (κ3) is 6.09. The quantitative estimate of drug-likeness (QED) is 0.511. The first kappa shape index (κ1) is 7.09. The third-order valence-electron chi connectivity index (χ3n) is 0.882. The standard InChI is InChI=1S/C6H12S/c1-3-4-5-6(2)7/h3-5H2,1-2H3. The van der Waals surface area contributed by atoms with Gasteiger partial charge in [-0.1, -0.05) is 25.6 Å². The van der Waals surface area contributed by atoms with E-state index in [1.165, 1.54) is 12.8 Å². The van der Waals surface area contributed by atoms with Crippen LogP contribution in [0.2, 0.25) is 0 Å². The van der Waals surface area contributed by atoms with Gasteiger partial charge in [0.25, 0.3) is 0 Å². The molecular formula is C6H12S. The van der Waals surface area contributed by atoms with Crippen molar-refractivity contribution < 1.29 is 0 Å². The van der Waals surface area contributed by atoms with E-state index >= 15 is 0 Å². The first-order valence-corrected chi connectivity index (χ1v) is 3.17. The Kier molecular flexibility index (Phi) is 4.31. The van der Waals surface area contributed by atoms with E-state index in [1.54, 1.807) is 0 Å². The molecule has 0 aliphatic carbocycles. The smallest absolute Gasteiger partial charge is 0.0102 e. The van der Waals surface area contributed by atoms with Gasteiger partial charge < -0.3 is 0 Å². The van der Waals surface area contributed by atoms with Gasteiger partial charge in [-0.15, -0.1) is 0 Å². The Morgan fingerprint density at radius 3 is 2.29 bits per heavy atom. The van der Waals surface area contributed by atoms with Gasteiger partial charge in [-0.3, -0.25) is 0 Å². The fourth-order valence-corrected chi connectivity index (χ4v) is 0.570. The Hall–Kier alpha value is 0.0900. The van der Waals surface area contributed by atoms with Crippen LogP contribution < -0.4 is 0 Å². The topological polar surface area (TPSA) is 0 Å². The normalized spacial score (nSPS) is 8.86. The summed E-state index contributed by atoms with van der Waals surface area (Å²) >= 11 is 4.86. The van der Waals surface area contributed by atoms with Crippen LogP contribution in [0.15, 0.2) is 0 Å². The molecule has 0 unspecified atom stereocenters. The zero-order valence-electron chi connectivity index (χ0n) is 5.03. The predicted molar refractivity (Wildman–Crippen MR) is 37.8 cm³/mol. The van der Waals surface area contributed by atoms with Crippen LogP contribution in [-0.4, -0.2) is 4.86 Å². The summed E-state index contributed by atoms with van der Waals surface area (Å²) in [6, 6.07) is 0. The van der Waals surface area contributed by atoms with Crippen molar-refractivity contribution in [2.45, 2.75) is 33.1 Å². The molecule has 0 fully saturated rings. The van der Waals surface area contributed by atoms with Crippen molar-refractivity contribution in [2.24, 2.45) is 0 Å². The van der Waals surface area contributed by atoms with Crippen molar-refractivity contribution in [3.63, 3.8) is 0 Å². The van der Waals surface area contributed by atoms with E-state index in [-0.39, 0.29) is 0 Å². The monoisotopic (exact) mass is 116 g/mol. The van der Waals surface area contributed by atoms with E-state index in [9.17, 15) is 0 Å². The van der Waals surface area contributed by atoms with Crippen molar-refractivity contribution >= 4 is 17.1 Å². The number of rotatable bonds is 3. The van der Waals surface area contributed by atoms with Crippen LogP contribution in [0.4, 0.5) is 0 Å². The molecule has 0 nitrogen and oxygen atoms in total. The van der Waals surface area contributed by atoms with Gasteiger partial charge in [-0.05, 0) is 24.6 Å². The first-order valence-electron chi connectivity index (χ1n) is 2.76. The number of thiocarbonyl (C=S) groups is 1. The maximum atomic E-state index is 4.86. The zero-order valence-corrected chi connectivity index (χ0v) is 5.85. The lowest BCUT2D eigenvalue weighted by Gasteiger charge is -1.89. The molecule has 0 spiro atoms. The molecule has 7 heavy (non-hydrogen) atoms. The summed E-state index contributed by atoms with van der Waals surface area (Å²) in [5, 5.41) is 0. The molecule has 0 rings (SSSR count). The van der Waals surface area contributed by atoms with E-state index in [1.807, 2.05) is 6.92 Å². The first-order chi connectivity index (χ1) is 3.27. The van der Waals surface area contributed by atoms with Crippen molar-refractivity contribution in [3.8, 4) is 0 Å². The molecule has 0 saturated heterocycles. The van der Waals surface area contributed by atoms with Gasteiger partial charge in [0.05, 0.1) is 0 Å². The Bertz CT molecular complexity index is 57.2. The van der Waals surface area contributed by atoms with E-state index < -0.39 is 0 Å². The zero-order chi connectivity index (χ0) is 5.70. The maximum Gasteiger partial charge on any atom is -0.0102 e. The molecule has 0 heterocycles. The molecule has 0 aromatic carbocycles. The van der Waals surface area contributed by atoms with Gasteiger partial charge in [0.15, 0.2) is 0 Å². The fourth-order valence-electron chi connectivity index (χ4n) is 0.426. The summed E-state index contributed by atoms with van der Waals surface area (Å²) < 4.78 is 0. The second-order valence-corrected chi connectivity index (χ2v) is 2.50. The van der Waals surface area contributed by atoms with Gasteiger partial charge in [-0.2, -0.15) is 0 Å². The molecule has 0 aliphatic rings. The van der Waals surface area contributed by atoms with Gasteiger partial charge in [0.2, 0.25) is 0 Å². The molecule has 0 atom stereocenters. The highest BCUT2D eigenvalue weighted by Crippen LogP contribution is 1.94. The van der Waals surface area contributed by atoms with Crippen LogP contribution >= 0.6 is 12.2 Å². The average molecular weight is 116 g/mol. The Morgan fingerprint density at radius 1 is 1.57 bits per heavy atom. The molecule has 1 heteroatoms. The summed E-state index contributed by atoms with van der Waals surface area (Å²) in [5.74, 6) is 0. The molecule has 42 valence electrons. The van der Waals surface area contributed by atoms with Gasteiger partial charge >= 0.3 is 0 Å². The van der Waals surface area contributed by atoms with Crippen LogP contribution in [0.3, 0.4) is 0 Å². The Morgan fingerprint density at radius 2 is 2.14 bits per heavy atom. The molecule has 0 radical (unpaired) electrons. The average Bonchev–Trinajstić information content (AvgIpc) is 1.61. The van der Waals surface area contributed by atoms with E-state index in [4.69, 9.17) is 12.2 Å². The van der Waals surface area contributed by atoms with Gasteiger partial charge in [-0.25, -0.2) is 0 Å². The fraction of sp³-hybridized carbons (Fsp3) is 0.833. The summed E-state index contributed by atoms with van der Waals surface area (Å²) in [6.45, 7) is 4.18. The highest BCUT2D eigenvalue weighted by atomic mass is 32.1.